The maximum atomic E-state index is 12.5. The van der Waals surface area contributed by atoms with Crippen molar-refractivity contribution in [3.05, 3.63) is 35.7 Å². The molecular weight excluding hydrogens is 384 g/mol. The van der Waals surface area contributed by atoms with Gasteiger partial charge >= 0.3 is 0 Å². The molecule has 1 atom stereocenters. The molecule has 1 aliphatic rings. The van der Waals surface area contributed by atoms with E-state index in [0.717, 1.165) is 11.3 Å². The number of fused-ring (bicyclic) bond motifs is 1. The fraction of sp³-hybridized carbons (Fsp3) is 0.389. The number of nitrogens with zero attached hydrogens (tertiary/aromatic N) is 2. The Morgan fingerprint density at radius 2 is 2.14 bits per heavy atom. The molecule has 3 rings (SSSR count). The lowest BCUT2D eigenvalue weighted by atomic mass is 10.1. The van der Waals surface area contributed by atoms with Crippen LogP contribution >= 0.6 is 0 Å². The molecule has 0 spiro atoms. The first-order chi connectivity index (χ1) is 13.2. The molecule has 0 bridgehead atoms. The van der Waals surface area contributed by atoms with Crippen LogP contribution in [0.1, 0.15) is 31.0 Å². The van der Waals surface area contributed by atoms with E-state index in [-0.39, 0.29) is 22.9 Å². The molecule has 1 aliphatic heterocycles. The van der Waals surface area contributed by atoms with Gasteiger partial charge in [0.15, 0.2) is 6.10 Å². The molecule has 0 fully saturated rings. The average molecular weight is 406 g/mol. The Labute approximate surface area is 163 Å². The Morgan fingerprint density at radius 1 is 1.39 bits per heavy atom. The van der Waals surface area contributed by atoms with Gasteiger partial charge in [0, 0.05) is 19.2 Å². The first kappa shape index (κ1) is 19.9. The molecule has 2 amide bonds. The van der Waals surface area contributed by atoms with E-state index in [2.05, 4.69) is 15.1 Å². The standard InChI is InChI=1S/C18H22N4O5S/c1-4-15-18(24)20-14-9-13(6-7-16(14)27-15)28(25,26)21-17(23)8-5-12-10-19-22(3)11(12)2/h6-7,9-10,15H,4-5,8H2,1-3H3,(H,20,24)(H,21,23)/t15-/m1/s1. The smallest absolute Gasteiger partial charge is 0.265 e. The van der Waals surface area contributed by atoms with Gasteiger partial charge in [-0.05, 0) is 43.5 Å². The monoisotopic (exact) mass is 406 g/mol. The minimum absolute atomic E-state index is 0.00866. The number of carbonyl (C=O) groups excluding carboxylic acids is 2. The fourth-order valence-corrected chi connectivity index (χ4v) is 3.90. The van der Waals surface area contributed by atoms with Gasteiger partial charge in [-0.3, -0.25) is 14.3 Å². The predicted molar refractivity (Wildman–Crippen MR) is 101 cm³/mol. The van der Waals surface area contributed by atoms with E-state index < -0.39 is 22.0 Å². The second-order valence-electron chi connectivity index (χ2n) is 6.57. The number of hydrogen-bond donors (Lipinski definition) is 2. The quantitative estimate of drug-likeness (QED) is 0.746. The number of sulfonamides is 1. The summed E-state index contributed by atoms with van der Waals surface area (Å²) in [6.45, 7) is 3.69. The summed E-state index contributed by atoms with van der Waals surface area (Å²) in [5.41, 5.74) is 2.07. The van der Waals surface area contributed by atoms with Crippen molar-refractivity contribution in [2.75, 3.05) is 5.32 Å². The molecule has 9 nitrogen and oxygen atoms in total. The van der Waals surface area contributed by atoms with Crippen LogP contribution in [0.2, 0.25) is 0 Å². The molecule has 0 unspecified atom stereocenters. The van der Waals surface area contributed by atoms with Gasteiger partial charge in [-0.1, -0.05) is 6.92 Å². The number of hydrogen-bond acceptors (Lipinski definition) is 6. The highest BCUT2D eigenvalue weighted by Crippen LogP contribution is 2.32. The van der Waals surface area contributed by atoms with Crippen LogP contribution in [-0.2, 0) is 33.1 Å². The molecule has 2 N–H and O–H groups in total. The van der Waals surface area contributed by atoms with Gasteiger partial charge in [-0.15, -0.1) is 0 Å². The zero-order chi connectivity index (χ0) is 20.5. The number of rotatable bonds is 6. The van der Waals surface area contributed by atoms with E-state index in [1.165, 1.54) is 18.2 Å². The Bertz CT molecular complexity index is 1030. The SMILES string of the molecule is CC[C@H]1Oc2ccc(S(=O)(=O)NC(=O)CCc3cnn(C)c3C)cc2NC1=O. The van der Waals surface area contributed by atoms with Crippen molar-refractivity contribution in [1.29, 1.82) is 0 Å². The first-order valence-electron chi connectivity index (χ1n) is 8.86. The van der Waals surface area contributed by atoms with E-state index in [9.17, 15) is 18.0 Å². The van der Waals surface area contributed by atoms with Gasteiger partial charge in [0.25, 0.3) is 15.9 Å². The number of aryl methyl sites for hydroxylation is 2. The molecule has 0 aliphatic carbocycles. The van der Waals surface area contributed by atoms with Crippen molar-refractivity contribution in [3.63, 3.8) is 0 Å². The lowest BCUT2D eigenvalue weighted by molar-refractivity contribution is -0.123. The third-order valence-corrected chi connectivity index (χ3v) is 6.03. The van der Waals surface area contributed by atoms with Gasteiger partial charge in [0.1, 0.15) is 5.75 Å². The zero-order valence-corrected chi connectivity index (χ0v) is 16.7. The third kappa shape index (κ3) is 4.01. The van der Waals surface area contributed by atoms with E-state index in [0.29, 0.717) is 18.6 Å². The van der Waals surface area contributed by atoms with Gasteiger partial charge in [0.2, 0.25) is 5.91 Å². The van der Waals surface area contributed by atoms with Crippen LogP contribution in [-0.4, -0.2) is 36.1 Å². The number of ether oxygens (including phenoxy) is 1. The van der Waals surface area contributed by atoms with E-state index in [1.54, 1.807) is 17.9 Å². The maximum absolute atomic E-state index is 12.5. The number of benzene rings is 1. The van der Waals surface area contributed by atoms with Crippen LogP contribution in [0.3, 0.4) is 0 Å². The van der Waals surface area contributed by atoms with Gasteiger partial charge in [0.05, 0.1) is 16.8 Å². The number of anilines is 1. The van der Waals surface area contributed by atoms with E-state index in [1.807, 2.05) is 13.8 Å². The first-order valence-corrected chi connectivity index (χ1v) is 10.3. The fourth-order valence-electron chi connectivity index (χ4n) is 2.86. The van der Waals surface area contributed by atoms with Crippen molar-refractivity contribution in [2.45, 2.75) is 44.1 Å². The minimum Gasteiger partial charge on any atom is -0.478 e. The van der Waals surface area contributed by atoms with E-state index >= 15 is 0 Å². The van der Waals surface area contributed by atoms with Crippen molar-refractivity contribution in [3.8, 4) is 5.75 Å². The summed E-state index contributed by atoms with van der Waals surface area (Å²) in [5, 5.41) is 6.73. The third-order valence-electron chi connectivity index (χ3n) is 4.66. The van der Waals surface area contributed by atoms with Crippen LogP contribution < -0.4 is 14.8 Å². The molecule has 0 saturated heterocycles. The number of aromatic nitrogens is 2. The Balaban J connectivity index is 1.69. The predicted octanol–water partition coefficient (Wildman–Crippen LogP) is 1.28. The van der Waals surface area contributed by atoms with Crippen LogP contribution in [0.25, 0.3) is 0 Å². The van der Waals surface area contributed by atoms with Crippen LogP contribution in [0.4, 0.5) is 5.69 Å². The van der Waals surface area contributed by atoms with E-state index in [4.69, 9.17) is 4.74 Å². The normalized spacial score (nSPS) is 16.1. The number of carbonyl (C=O) groups is 2. The molecule has 2 heterocycles. The summed E-state index contributed by atoms with van der Waals surface area (Å²) in [5.74, 6) is -0.559. The summed E-state index contributed by atoms with van der Waals surface area (Å²) in [6, 6.07) is 4.08. The van der Waals surface area contributed by atoms with Gasteiger partial charge in [-0.25, -0.2) is 13.1 Å². The Morgan fingerprint density at radius 3 is 2.79 bits per heavy atom. The maximum Gasteiger partial charge on any atom is 0.265 e. The highest BCUT2D eigenvalue weighted by atomic mass is 32.2. The Kier molecular flexibility index (Phi) is 5.41. The molecule has 1 aromatic carbocycles. The average Bonchev–Trinajstić information content (AvgIpc) is 2.97. The summed E-state index contributed by atoms with van der Waals surface area (Å²) >= 11 is 0. The van der Waals surface area contributed by atoms with Crippen molar-refractivity contribution in [1.82, 2.24) is 14.5 Å². The lowest BCUT2D eigenvalue weighted by Crippen LogP contribution is -2.36. The molecule has 28 heavy (non-hydrogen) atoms. The van der Waals surface area contributed by atoms with Gasteiger partial charge in [-0.2, -0.15) is 5.10 Å². The molecule has 1 aromatic heterocycles. The number of nitrogens with one attached hydrogen (secondary N) is 2. The molecule has 150 valence electrons. The molecule has 0 saturated carbocycles. The highest BCUT2D eigenvalue weighted by molar-refractivity contribution is 7.90. The second-order valence-corrected chi connectivity index (χ2v) is 8.25. The molecule has 2 aromatic rings. The number of amides is 2. The second kappa shape index (κ2) is 7.63. The molecule has 10 heteroatoms. The molecule has 0 radical (unpaired) electrons. The van der Waals surface area contributed by atoms with Gasteiger partial charge < -0.3 is 10.1 Å². The summed E-state index contributed by atoms with van der Waals surface area (Å²) in [4.78, 5) is 23.9. The zero-order valence-electron chi connectivity index (χ0n) is 15.9. The van der Waals surface area contributed by atoms with Crippen molar-refractivity contribution >= 4 is 27.5 Å². The largest absolute Gasteiger partial charge is 0.478 e. The Hall–Kier alpha value is -2.88. The topological polar surface area (TPSA) is 119 Å². The van der Waals surface area contributed by atoms with Crippen LogP contribution in [0.15, 0.2) is 29.3 Å². The van der Waals surface area contributed by atoms with Crippen LogP contribution in [0.5, 0.6) is 5.75 Å². The lowest BCUT2D eigenvalue weighted by Gasteiger charge is -2.25. The minimum atomic E-state index is -4.07. The summed E-state index contributed by atoms with van der Waals surface area (Å²) < 4.78 is 34.3. The van der Waals surface area contributed by atoms with Crippen LogP contribution in [0, 0.1) is 6.92 Å². The van der Waals surface area contributed by atoms with Crippen molar-refractivity contribution < 1.29 is 22.7 Å². The molecular formula is C18H22N4O5S. The van der Waals surface area contributed by atoms with Crippen molar-refractivity contribution in [2.24, 2.45) is 7.05 Å². The highest BCUT2D eigenvalue weighted by Gasteiger charge is 2.28. The summed E-state index contributed by atoms with van der Waals surface area (Å²) in [7, 11) is -2.27. The summed E-state index contributed by atoms with van der Waals surface area (Å²) in [6.07, 6.45) is 1.94.